The zero-order valence-corrected chi connectivity index (χ0v) is 14.1. The topological polar surface area (TPSA) is 57.6 Å². The molecule has 1 amide bonds. The number of amides is 1. The predicted molar refractivity (Wildman–Crippen MR) is 89.5 cm³/mol. The summed E-state index contributed by atoms with van der Waals surface area (Å²) in [6.45, 7) is 0.761. The third-order valence-electron chi connectivity index (χ3n) is 4.03. The van der Waals surface area contributed by atoms with Gasteiger partial charge in [-0.3, -0.25) is 9.59 Å². The lowest BCUT2D eigenvalue weighted by Gasteiger charge is -2.16. The number of hydrogen-bond acceptors (Lipinski definition) is 3. The van der Waals surface area contributed by atoms with Crippen LogP contribution in [0.2, 0.25) is 5.02 Å². The van der Waals surface area contributed by atoms with Crippen LogP contribution in [0.5, 0.6) is 0 Å². The van der Waals surface area contributed by atoms with Crippen LogP contribution in [0.25, 0.3) is 0 Å². The molecule has 1 aliphatic heterocycles. The van der Waals surface area contributed by atoms with E-state index in [1.807, 2.05) is 18.4 Å². The van der Waals surface area contributed by atoms with Gasteiger partial charge < -0.3 is 10.0 Å². The van der Waals surface area contributed by atoms with E-state index in [4.69, 9.17) is 11.6 Å². The molecule has 0 unspecified atom stereocenters. The van der Waals surface area contributed by atoms with Crippen LogP contribution in [-0.2, 0) is 9.59 Å². The van der Waals surface area contributed by atoms with E-state index < -0.39 is 11.9 Å². The van der Waals surface area contributed by atoms with Crippen LogP contribution >= 0.6 is 23.4 Å². The lowest BCUT2D eigenvalue weighted by molar-refractivity contribution is -0.141. The van der Waals surface area contributed by atoms with Gasteiger partial charge in [-0.05, 0) is 36.1 Å². The highest BCUT2D eigenvalue weighted by atomic mass is 35.5. The van der Waals surface area contributed by atoms with E-state index in [1.165, 1.54) is 0 Å². The Labute approximate surface area is 139 Å². The predicted octanol–water partition coefficient (Wildman–Crippen LogP) is 3.11. The first-order valence-corrected chi connectivity index (χ1v) is 9.05. The molecular formula is C16H20ClNO3S. The molecule has 1 aromatic carbocycles. The van der Waals surface area contributed by atoms with Crippen molar-refractivity contribution in [3.63, 3.8) is 0 Å². The Morgan fingerprint density at radius 1 is 1.32 bits per heavy atom. The van der Waals surface area contributed by atoms with Crippen LogP contribution in [0.15, 0.2) is 24.3 Å². The van der Waals surface area contributed by atoms with Crippen molar-refractivity contribution >= 4 is 35.2 Å². The van der Waals surface area contributed by atoms with Gasteiger partial charge in [-0.1, -0.05) is 23.7 Å². The Hall–Kier alpha value is -1.20. The lowest BCUT2D eigenvalue weighted by atomic mass is 9.89. The largest absolute Gasteiger partial charge is 0.481 e. The van der Waals surface area contributed by atoms with E-state index in [9.17, 15) is 14.7 Å². The average molecular weight is 342 g/mol. The van der Waals surface area contributed by atoms with Gasteiger partial charge in [-0.2, -0.15) is 11.8 Å². The third kappa shape index (κ3) is 4.17. The number of likely N-dealkylation sites (tertiary alicyclic amines) is 1. The number of carbonyl (C=O) groups is 2. The van der Waals surface area contributed by atoms with Gasteiger partial charge >= 0.3 is 5.97 Å². The van der Waals surface area contributed by atoms with Crippen molar-refractivity contribution < 1.29 is 14.7 Å². The number of rotatable bonds is 6. The number of hydrogen-bond donors (Lipinski definition) is 1. The fourth-order valence-corrected chi connectivity index (χ4v) is 3.39. The summed E-state index contributed by atoms with van der Waals surface area (Å²) in [5.41, 5.74) is 0.927. The third-order valence-corrected chi connectivity index (χ3v) is 4.98. The van der Waals surface area contributed by atoms with E-state index in [1.54, 1.807) is 28.8 Å². The maximum absolute atomic E-state index is 12.2. The number of carbonyl (C=O) groups excluding carboxylic acids is 1. The first-order valence-electron chi connectivity index (χ1n) is 7.28. The Morgan fingerprint density at radius 2 is 2.00 bits per heavy atom. The molecule has 0 aromatic heterocycles. The molecule has 22 heavy (non-hydrogen) atoms. The van der Waals surface area contributed by atoms with Crippen LogP contribution in [0.3, 0.4) is 0 Å². The van der Waals surface area contributed by atoms with Crippen molar-refractivity contribution in [1.29, 1.82) is 0 Å². The fourth-order valence-electron chi connectivity index (χ4n) is 2.83. The standard InChI is InChI=1S/C16H20ClNO3S/c1-22-8-2-3-15(19)18-9-13(14(10-18)16(20)21)11-4-6-12(17)7-5-11/h4-7,13-14H,2-3,8-10H2,1H3,(H,20,21)/t13-,14+/m0/s1. The highest BCUT2D eigenvalue weighted by molar-refractivity contribution is 7.98. The van der Waals surface area contributed by atoms with Gasteiger partial charge in [-0.25, -0.2) is 0 Å². The Balaban J connectivity index is 2.08. The summed E-state index contributed by atoms with van der Waals surface area (Å²) in [5, 5.41) is 10.1. The molecule has 1 aliphatic rings. The molecule has 2 atom stereocenters. The Kier molecular flexibility index (Phi) is 6.15. The van der Waals surface area contributed by atoms with Gasteiger partial charge in [-0.15, -0.1) is 0 Å². The van der Waals surface area contributed by atoms with Crippen molar-refractivity contribution in [2.45, 2.75) is 18.8 Å². The number of halogens is 1. The zero-order chi connectivity index (χ0) is 16.1. The first kappa shape index (κ1) is 17.2. The van der Waals surface area contributed by atoms with Crippen LogP contribution in [0.1, 0.15) is 24.3 Å². The molecule has 1 heterocycles. The van der Waals surface area contributed by atoms with Crippen LogP contribution < -0.4 is 0 Å². The van der Waals surface area contributed by atoms with Gasteiger partial charge in [0.2, 0.25) is 5.91 Å². The van der Waals surface area contributed by atoms with Crippen molar-refractivity contribution in [1.82, 2.24) is 4.90 Å². The van der Waals surface area contributed by atoms with Crippen LogP contribution in [0.4, 0.5) is 0 Å². The second-order valence-corrected chi connectivity index (χ2v) is 6.92. The molecule has 1 aromatic rings. The molecule has 1 saturated heterocycles. The minimum absolute atomic E-state index is 0.0526. The number of aliphatic carboxylic acids is 1. The minimum atomic E-state index is -0.848. The van der Waals surface area contributed by atoms with Crippen LogP contribution in [0, 0.1) is 5.92 Å². The molecular weight excluding hydrogens is 322 g/mol. The molecule has 0 bridgehead atoms. The smallest absolute Gasteiger partial charge is 0.308 e. The summed E-state index contributed by atoms with van der Waals surface area (Å²) in [5.74, 6) is -0.566. The second kappa shape index (κ2) is 7.88. The fraction of sp³-hybridized carbons (Fsp3) is 0.500. The summed E-state index contributed by atoms with van der Waals surface area (Å²) < 4.78 is 0. The number of nitrogens with zero attached hydrogens (tertiary/aromatic N) is 1. The summed E-state index contributed by atoms with van der Waals surface area (Å²) in [6.07, 6.45) is 3.33. The van der Waals surface area contributed by atoms with E-state index in [0.29, 0.717) is 24.5 Å². The monoisotopic (exact) mass is 341 g/mol. The second-order valence-electron chi connectivity index (χ2n) is 5.50. The Bertz CT molecular complexity index is 535. The highest BCUT2D eigenvalue weighted by Gasteiger charge is 2.40. The number of benzene rings is 1. The molecule has 1 fully saturated rings. The first-order chi connectivity index (χ1) is 10.5. The summed E-state index contributed by atoms with van der Waals surface area (Å²) in [6, 6.07) is 7.23. The number of carboxylic acids is 1. The van der Waals surface area contributed by atoms with Crippen molar-refractivity contribution in [2.24, 2.45) is 5.92 Å². The maximum atomic E-state index is 12.2. The van der Waals surface area contributed by atoms with Gasteiger partial charge in [0.25, 0.3) is 0 Å². The normalized spacial score (nSPS) is 21.1. The SMILES string of the molecule is CSCCCC(=O)N1C[C@@H](C(=O)O)[C@H](c2ccc(Cl)cc2)C1. The quantitative estimate of drug-likeness (QED) is 0.808. The van der Waals surface area contributed by atoms with Gasteiger partial charge in [0.1, 0.15) is 0 Å². The summed E-state index contributed by atoms with van der Waals surface area (Å²) in [7, 11) is 0. The number of thioether (sulfide) groups is 1. The van der Waals surface area contributed by atoms with Crippen molar-refractivity contribution in [3.8, 4) is 0 Å². The van der Waals surface area contributed by atoms with Crippen LogP contribution in [-0.4, -0.2) is 47.0 Å². The van der Waals surface area contributed by atoms with Gasteiger partial charge in [0.15, 0.2) is 0 Å². The molecule has 0 saturated carbocycles. The molecule has 0 aliphatic carbocycles. The number of carboxylic acid groups (broad SMARTS) is 1. The summed E-state index contributed by atoms with van der Waals surface area (Å²) in [4.78, 5) is 25.4. The van der Waals surface area contributed by atoms with Crippen molar-refractivity contribution in [2.75, 3.05) is 25.1 Å². The molecule has 4 nitrogen and oxygen atoms in total. The van der Waals surface area contributed by atoms with Gasteiger partial charge in [0, 0.05) is 30.5 Å². The van der Waals surface area contributed by atoms with Crippen molar-refractivity contribution in [3.05, 3.63) is 34.9 Å². The molecule has 6 heteroatoms. The molecule has 0 spiro atoms. The molecule has 0 radical (unpaired) electrons. The highest BCUT2D eigenvalue weighted by Crippen LogP contribution is 2.34. The lowest BCUT2D eigenvalue weighted by Crippen LogP contribution is -2.29. The van der Waals surface area contributed by atoms with E-state index >= 15 is 0 Å². The van der Waals surface area contributed by atoms with E-state index in [2.05, 4.69) is 0 Å². The molecule has 2 rings (SSSR count). The minimum Gasteiger partial charge on any atom is -0.481 e. The van der Waals surface area contributed by atoms with E-state index in [-0.39, 0.29) is 11.8 Å². The zero-order valence-electron chi connectivity index (χ0n) is 12.5. The average Bonchev–Trinajstić information content (AvgIpc) is 2.93. The summed E-state index contributed by atoms with van der Waals surface area (Å²) >= 11 is 7.60. The maximum Gasteiger partial charge on any atom is 0.308 e. The Morgan fingerprint density at radius 3 is 2.59 bits per heavy atom. The van der Waals surface area contributed by atoms with E-state index in [0.717, 1.165) is 17.7 Å². The molecule has 1 N–H and O–H groups in total. The van der Waals surface area contributed by atoms with Gasteiger partial charge in [0.05, 0.1) is 5.92 Å². The molecule has 120 valence electrons.